The van der Waals surface area contributed by atoms with Gasteiger partial charge >= 0.3 is 0 Å². The molecule has 0 aliphatic rings. The van der Waals surface area contributed by atoms with Crippen molar-refractivity contribution in [2.75, 3.05) is 0 Å². The van der Waals surface area contributed by atoms with Gasteiger partial charge in [-0.3, -0.25) is 4.98 Å². The van der Waals surface area contributed by atoms with Crippen LogP contribution in [-0.4, -0.2) is 21.3 Å². The highest BCUT2D eigenvalue weighted by Crippen LogP contribution is 2.16. The van der Waals surface area contributed by atoms with E-state index in [4.69, 9.17) is 5.26 Å². The first-order valence-corrected chi connectivity index (χ1v) is 3.88. The number of aliphatic hydroxyl groups excluding tert-OH is 2. The van der Waals surface area contributed by atoms with Gasteiger partial charge in [0.25, 0.3) is 0 Å². The van der Waals surface area contributed by atoms with Crippen LogP contribution in [0, 0.1) is 11.3 Å². The number of hydrogen-bond donors (Lipinski definition) is 2. The number of nitrogens with zero attached hydrogens (tertiary/aromatic N) is 2. The van der Waals surface area contributed by atoms with E-state index in [1.165, 1.54) is 6.20 Å². The third-order valence-corrected chi connectivity index (χ3v) is 1.69. The maximum absolute atomic E-state index is 9.48. The van der Waals surface area contributed by atoms with Gasteiger partial charge in [-0.2, -0.15) is 5.26 Å². The third-order valence-electron chi connectivity index (χ3n) is 1.69. The molecular formula is C9H10N2O2. The van der Waals surface area contributed by atoms with Crippen molar-refractivity contribution in [3.05, 3.63) is 30.1 Å². The summed E-state index contributed by atoms with van der Waals surface area (Å²) in [6.45, 7) is 0. The Balaban J connectivity index is 2.69. The van der Waals surface area contributed by atoms with Crippen molar-refractivity contribution < 1.29 is 10.2 Å². The van der Waals surface area contributed by atoms with E-state index in [1.54, 1.807) is 24.4 Å². The van der Waals surface area contributed by atoms with Crippen LogP contribution in [0.4, 0.5) is 0 Å². The van der Waals surface area contributed by atoms with Gasteiger partial charge in [-0.05, 0) is 6.07 Å². The van der Waals surface area contributed by atoms with Gasteiger partial charge in [-0.1, -0.05) is 6.07 Å². The molecule has 68 valence electrons. The summed E-state index contributed by atoms with van der Waals surface area (Å²) < 4.78 is 0. The highest BCUT2D eigenvalue weighted by Gasteiger charge is 2.17. The van der Waals surface area contributed by atoms with Gasteiger partial charge in [-0.25, -0.2) is 0 Å². The van der Waals surface area contributed by atoms with E-state index >= 15 is 0 Å². The number of hydrogen-bond acceptors (Lipinski definition) is 4. The first-order chi connectivity index (χ1) is 6.25. The second kappa shape index (κ2) is 4.55. The molecule has 13 heavy (non-hydrogen) atoms. The van der Waals surface area contributed by atoms with E-state index < -0.39 is 12.2 Å². The van der Waals surface area contributed by atoms with Crippen LogP contribution in [0.2, 0.25) is 0 Å². The standard InChI is InChI=1S/C9H10N2O2/c10-4-3-8(12)9(13)7-2-1-5-11-6-7/h1-2,5-6,8-9,12-13H,3H2. The number of pyridine rings is 1. The topological polar surface area (TPSA) is 77.1 Å². The van der Waals surface area contributed by atoms with Crippen LogP contribution in [-0.2, 0) is 0 Å². The molecule has 1 aromatic heterocycles. The molecule has 0 spiro atoms. The normalized spacial score (nSPS) is 14.5. The lowest BCUT2D eigenvalue weighted by Gasteiger charge is -2.14. The van der Waals surface area contributed by atoms with Crippen LogP contribution >= 0.6 is 0 Å². The van der Waals surface area contributed by atoms with E-state index in [1.807, 2.05) is 0 Å². The van der Waals surface area contributed by atoms with E-state index in [9.17, 15) is 10.2 Å². The Kier molecular flexibility index (Phi) is 3.38. The highest BCUT2D eigenvalue weighted by atomic mass is 16.3. The molecule has 0 fully saturated rings. The minimum absolute atomic E-state index is 0.0872. The van der Waals surface area contributed by atoms with Crippen LogP contribution in [0.25, 0.3) is 0 Å². The van der Waals surface area contributed by atoms with E-state index in [2.05, 4.69) is 4.98 Å². The molecule has 0 aromatic carbocycles. The maximum atomic E-state index is 9.48. The summed E-state index contributed by atoms with van der Waals surface area (Å²) >= 11 is 0. The van der Waals surface area contributed by atoms with Crippen molar-refractivity contribution in [3.8, 4) is 6.07 Å². The predicted molar refractivity (Wildman–Crippen MR) is 45.4 cm³/mol. The molecule has 0 bridgehead atoms. The van der Waals surface area contributed by atoms with E-state index in [0.29, 0.717) is 5.56 Å². The van der Waals surface area contributed by atoms with Crippen LogP contribution in [0.15, 0.2) is 24.5 Å². The summed E-state index contributed by atoms with van der Waals surface area (Å²) in [6.07, 6.45) is 0.872. The van der Waals surface area contributed by atoms with Gasteiger partial charge in [-0.15, -0.1) is 0 Å². The van der Waals surface area contributed by atoms with Crippen LogP contribution in [0.5, 0.6) is 0 Å². The molecule has 1 aromatic rings. The average molecular weight is 178 g/mol. The third kappa shape index (κ3) is 2.51. The monoisotopic (exact) mass is 178 g/mol. The first-order valence-electron chi connectivity index (χ1n) is 3.88. The van der Waals surface area contributed by atoms with Crippen LogP contribution in [0.3, 0.4) is 0 Å². The van der Waals surface area contributed by atoms with Crippen molar-refractivity contribution in [3.63, 3.8) is 0 Å². The van der Waals surface area contributed by atoms with Crippen LogP contribution in [0.1, 0.15) is 18.1 Å². The zero-order valence-corrected chi connectivity index (χ0v) is 6.96. The van der Waals surface area contributed by atoms with Crippen molar-refractivity contribution in [1.82, 2.24) is 4.98 Å². The molecule has 2 N–H and O–H groups in total. The Morgan fingerprint density at radius 1 is 1.54 bits per heavy atom. The molecule has 0 amide bonds. The molecule has 0 saturated heterocycles. The zero-order valence-electron chi connectivity index (χ0n) is 6.96. The fraction of sp³-hybridized carbons (Fsp3) is 0.333. The summed E-state index contributed by atoms with van der Waals surface area (Å²) in [5, 5.41) is 27.0. The van der Waals surface area contributed by atoms with Gasteiger partial charge in [0, 0.05) is 18.0 Å². The lowest BCUT2D eigenvalue weighted by atomic mass is 10.0. The largest absolute Gasteiger partial charge is 0.389 e. The number of aliphatic hydroxyl groups is 2. The minimum Gasteiger partial charge on any atom is -0.389 e. The van der Waals surface area contributed by atoms with E-state index in [-0.39, 0.29) is 6.42 Å². The molecule has 4 heteroatoms. The van der Waals surface area contributed by atoms with Gasteiger partial charge in [0.2, 0.25) is 0 Å². The number of rotatable bonds is 3. The summed E-state index contributed by atoms with van der Waals surface area (Å²) in [7, 11) is 0. The number of aromatic nitrogens is 1. The van der Waals surface area contributed by atoms with Crippen LogP contribution < -0.4 is 0 Å². The molecule has 4 nitrogen and oxygen atoms in total. The number of nitriles is 1. The Labute approximate surface area is 76.1 Å². The molecule has 2 unspecified atom stereocenters. The maximum Gasteiger partial charge on any atom is 0.107 e. The smallest absolute Gasteiger partial charge is 0.107 e. The van der Waals surface area contributed by atoms with E-state index in [0.717, 1.165) is 0 Å². The quantitative estimate of drug-likeness (QED) is 0.701. The zero-order chi connectivity index (χ0) is 9.68. The minimum atomic E-state index is -1.05. The second-order valence-electron chi connectivity index (χ2n) is 2.66. The Morgan fingerprint density at radius 2 is 2.31 bits per heavy atom. The first kappa shape index (κ1) is 9.65. The fourth-order valence-corrected chi connectivity index (χ4v) is 0.978. The lowest BCUT2D eigenvalue weighted by molar-refractivity contribution is 0.0214. The molecule has 2 atom stereocenters. The second-order valence-corrected chi connectivity index (χ2v) is 2.66. The fourth-order valence-electron chi connectivity index (χ4n) is 0.978. The molecule has 0 aliphatic carbocycles. The molecule has 1 rings (SSSR count). The summed E-state index contributed by atoms with van der Waals surface area (Å²) in [5.74, 6) is 0. The predicted octanol–water partition coefficient (Wildman–Crippen LogP) is 0.390. The Hall–Kier alpha value is -1.44. The molecule has 0 radical (unpaired) electrons. The summed E-state index contributed by atoms with van der Waals surface area (Å²) in [5.41, 5.74) is 0.519. The Bertz CT molecular complexity index is 294. The Morgan fingerprint density at radius 3 is 2.85 bits per heavy atom. The van der Waals surface area contributed by atoms with Gasteiger partial charge in [0.05, 0.1) is 18.6 Å². The van der Waals surface area contributed by atoms with Crippen molar-refractivity contribution in [2.45, 2.75) is 18.6 Å². The van der Waals surface area contributed by atoms with Crippen molar-refractivity contribution >= 4 is 0 Å². The average Bonchev–Trinajstić information content (AvgIpc) is 2.18. The molecule has 1 heterocycles. The SMILES string of the molecule is N#CCC(O)C(O)c1cccnc1. The molecule has 0 saturated carbocycles. The summed E-state index contributed by atoms with van der Waals surface area (Å²) in [6, 6.07) is 5.10. The van der Waals surface area contributed by atoms with Crippen molar-refractivity contribution in [1.29, 1.82) is 5.26 Å². The molecular weight excluding hydrogens is 168 g/mol. The van der Waals surface area contributed by atoms with Crippen molar-refractivity contribution in [2.24, 2.45) is 0 Å². The highest BCUT2D eigenvalue weighted by molar-refractivity contribution is 5.13. The molecule has 0 aliphatic heterocycles. The summed E-state index contributed by atoms with van der Waals surface area (Å²) in [4.78, 5) is 3.79. The van der Waals surface area contributed by atoms with Gasteiger partial charge < -0.3 is 10.2 Å². The van der Waals surface area contributed by atoms with Gasteiger partial charge in [0.1, 0.15) is 6.10 Å². The lowest BCUT2D eigenvalue weighted by Crippen LogP contribution is -2.17. The van der Waals surface area contributed by atoms with Gasteiger partial charge in [0.15, 0.2) is 0 Å².